The summed E-state index contributed by atoms with van der Waals surface area (Å²) in [5, 5.41) is 3.63. The third-order valence-electron chi connectivity index (χ3n) is 4.33. The molecule has 1 saturated heterocycles. The molecule has 0 aromatic rings. The second-order valence-electron chi connectivity index (χ2n) is 7.09. The van der Waals surface area contributed by atoms with E-state index in [1.54, 1.807) is 0 Å². The predicted molar refractivity (Wildman–Crippen MR) is 82.6 cm³/mol. The van der Waals surface area contributed by atoms with Crippen molar-refractivity contribution < 1.29 is 4.74 Å². The molecule has 0 aliphatic carbocycles. The van der Waals surface area contributed by atoms with Gasteiger partial charge in [-0.15, -0.1) is 0 Å². The second-order valence-corrected chi connectivity index (χ2v) is 7.09. The van der Waals surface area contributed by atoms with Crippen molar-refractivity contribution >= 4 is 0 Å². The Labute approximate surface area is 120 Å². The molecule has 1 aliphatic heterocycles. The quantitative estimate of drug-likeness (QED) is 0.770. The van der Waals surface area contributed by atoms with E-state index in [0.29, 0.717) is 12.0 Å². The normalized spacial score (nSPS) is 27.2. The molecule has 19 heavy (non-hydrogen) atoms. The van der Waals surface area contributed by atoms with Gasteiger partial charge in [0.05, 0.1) is 5.60 Å². The molecule has 3 heteroatoms. The van der Waals surface area contributed by atoms with Crippen molar-refractivity contribution in [2.24, 2.45) is 11.8 Å². The summed E-state index contributed by atoms with van der Waals surface area (Å²) in [4.78, 5) is 2.63. The predicted octanol–water partition coefficient (Wildman–Crippen LogP) is 2.76. The molecule has 0 aromatic heterocycles. The summed E-state index contributed by atoms with van der Waals surface area (Å²) in [5.74, 6) is 1.40. The molecular weight excluding hydrogens is 236 g/mol. The number of likely N-dealkylation sites (tertiary alicyclic amines) is 1. The minimum Gasteiger partial charge on any atom is -0.377 e. The van der Waals surface area contributed by atoms with Crippen LogP contribution in [0.15, 0.2) is 0 Å². The second kappa shape index (κ2) is 7.61. The Bertz CT molecular complexity index is 255. The number of hydrogen-bond acceptors (Lipinski definition) is 3. The molecule has 0 amide bonds. The molecule has 1 N–H and O–H groups in total. The molecule has 0 spiro atoms. The van der Waals surface area contributed by atoms with Crippen molar-refractivity contribution in [1.29, 1.82) is 0 Å². The van der Waals surface area contributed by atoms with Crippen LogP contribution in [0, 0.1) is 11.8 Å². The average Bonchev–Trinajstić information content (AvgIpc) is 2.34. The van der Waals surface area contributed by atoms with Gasteiger partial charge in [0.1, 0.15) is 0 Å². The van der Waals surface area contributed by atoms with Crippen LogP contribution >= 0.6 is 0 Å². The van der Waals surface area contributed by atoms with Crippen molar-refractivity contribution in [1.82, 2.24) is 10.2 Å². The summed E-state index contributed by atoms with van der Waals surface area (Å²) in [5.41, 5.74) is 0.0451. The van der Waals surface area contributed by atoms with Gasteiger partial charge in [0.2, 0.25) is 0 Å². The first-order valence-corrected chi connectivity index (χ1v) is 7.88. The highest BCUT2D eigenvalue weighted by atomic mass is 16.5. The van der Waals surface area contributed by atoms with Gasteiger partial charge in [-0.2, -0.15) is 0 Å². The van der Waals surface area contributed by atoms with E-state index in [1.165, 1.54) is 19.4 Å². The molecule has 0 saturated carbocycles. The number of ether oxygens (including phenoxy) is 1. The summed E-state index contributed by atoms with van der Waals surface area (Å²) in [6.45, 7) is 15.9. The first-order chi connectivity index (χ1) is 8.88. The van der Waals surface area contributed by atoms with Crippen molar-refractivity contribution in [2.45, 2.75) is 59.1 Å². The zero-order valence-electron chi connectivity index (χ0n) is 13.8. The highest BCUT2D eigenvalue weighted by Crippen LogP contribution is 2.26. The van der Waals surface area contributed by atoms with Crippen LogP contribution in [0.4, 0.5) is 0 Å². The summed E-state index contributed by atoms with van der Waals surface area (Å²) in [7, 11) is 1.85. The van der Waals surface area contributed by atoms with Crippen LogP contribution in [0.3, 0.4) is 0 Å². The molecule has 1 heterocycles. The number of methoxy groups -OCH3 is 1. The van der Waals surface area contributed by atoms with Crippen LogP contribution in [0.5, 0.6) is 0 Å². The maximum atomic E-state index is 5.72. The van der Waals surface area contributed by atoms with Crippen LogP contribution in [0.25, 0.3) is 0 Å². The van der Waals surface area contributed by atoms with Crippen LogP contribution in [-0.2, 0) is 4.74 Å². The Kier molecular flexibility index (Phi) is 6.78. The van der Waals surface area contributed by atoms with E-state index in [1.807, 2.05) is 7.11 Å². The smallest absolute Gasteiger partial charge is 0.0777 e. The number of hydrogen-bond donors (Lipinski definition) is 1. The standard InChI is InChI=1S/C16H34N2O/c1-13(2)10-17-11-15(14(3)4)18-9-7-8-16(5,12-18)19-6/h13-15,17H,7-12H2,1-6H3. The Hall–Kier alpha value is -0.120. The molecule has 3 nitrogen and oxygen atoms in total. The van der Waals surface area contributed by atoms with Crippen molar-refractivity contribution in [3.05, 3.63) is 0 Å². The van der Waals surface area contributed by atoms with Gasteiger partial charge in [0.15, 0.2) is 0 Å². The number of nitrogens with zero attached hydrogens (tertiary/aromatic N) is 1. The van der Waals surface area contributed by atoms with Gasteiger partial charge in [-0.25, -0.2) is 0 Å². The van der Waals surface area contributed by atoms with Crippen molar-refractivity contribution in [3.8, 4) is 0 Å². The van der Waals surface area contributed by atoms with Crippen LogP contribution < -0.4 is 5.32 Å². The minimum absolute atomic E-state index is 0.0451. The maximum Gasteiger partial charge on any atom is 0.0777 e. The SMILES string of the molecule is COC1(C)CCCN(C(CNCC(C)C)C(C)C)C1. The van der Waals surface area contributed by atoms with Crippen LogP contribution in [0.2, 0.25) is 0 Å². The molecular formula is C16H34N2O. The van der Waals surface area contributed by atoms with Crippen molar-refractivity contribution in [2.75, 3.05) is 33.3 Å². The summed E-state index contributed by atoms with van der Waals surface area (Å²) >= 11 is 0. The van der Waals surface area contributed by atoms with Gasteiger partial charge in [-0.3, -0.25) is 4.90 Å². The largest absolute Gasteiger partial charge is 0.377 e. The molecule has 0 aromatic carbocycles. The Morgan fingerprint density at radius 1 is 1.21 bits per heavy atom. The maximum absolute atomic E-state index is 5.72. The lowest BCUT2D eigenvalue weighted by molar-refractivity contribution is -0.0656. The van der Waals surface area contributed by atoms with E-state index in [9.17, 15) is 0 Å². The third-order valence-corrected chi connectivity index (χ3v) is 4.33. The van der Waals surface area contributed by atoms with Gasteiger partial charge >= 0.3 is 0 Å². The molecule has 2 unspecified atom stereocenters. The molecule has 0 bridgehead atoms. The fourth-order valence-corrected chi connectivity index (χ4v) is 3.00. The van der Waals surface area contributed by atoms with E-state index in [-0.39, 0.29) is 5.60 Å². The first kappa shape index (κ1) is 16.9. The Balaban J connectivity index is 2.55. The highest BCUT2D eigenvalue weighted by Gasteiger charge is 2.34. The molecule has 1 rings (SSSR count). The first-order valence-electron chi connectivity index (χ1n) is 7.88. The van der Waals surface area contributed by atoms with E-state index in [2.05, 4.69) is 44.8 Å². The van der Waals surface area contributed by atoms with Crippen molar-refractivity contribution in [3.63, 3.8) is 0 Å². The Morgan fingerprint density at radius 3 is 2.42 bits per heavy atom. The molecule has 0 radical (unpaired) electrons. The summed E-state index contributed by atoms with van der Waals surface area (Å²) < 4.78 is 5.72. The van der Waals surface area contributed by atoms with Crippen LogP contribution in [0.1, 0.15) is 47.5 Å². The molecule has 114 valence electrons. The fourth-order valence-electron chi connectivity index (χ4n) is 3.00. The fraction of sp³-hybridized carbons (Fsp3) is 1.00. The minimum atomic E-state index is 0.0451. The van der Waals surface area contributed by atoms with Gasteiger partial charge in [-0.05, 0) is 44.7 Å². The topological polar surface area (TPSA) is 24.5 Å². The van der Waals surface area contributed by atoms with E-state index >= 15 is 0 Å². The van der Waals surface area contributed by atoms with E-state index < -0.39 is 0 Å². The lowest BCUT2D eigenvalue weighted by Crippen LogP contribution is -2.55. The lowest BCUT2D eigenvalue weighted by Gasteiger charge is -2.44. The highest BCUT2D eigenvalue weighted by molar-refractivity contribution is 4.89. The van der Waals surface area contributed by atoms with Gasteiger partial charge in [0.25, 0.3) is 0 Å². The summed E-state index contributed by atoms with van der Waals surface area (Å²) in [6, 6.07) is 0.619. The van der Waals surface area contributed by atoms with Gasteiger partial charge < -0.3 is 10.1 Å². The number of rotatable bonds is 7. The number of nitrogens with one attached hydrogen (secondary N) is 1. The molecule has 2 atom stereocenters. The Morgan fingerprint density at radius 2 is 1.89 bits per heavy atom. The lowest BCUT2D eigenvalue weighted by atomic mass is 9.91. The molecule has 1 aliphatic rings. The summed E-state index contributed by atoms with van der Waals surface area (Å²) in [6.07, 6.45) is 2.43. The van der Waals surface area contributed by atoms with Crippen LogP contribution in [-0.4, -0.2) is 49.8 Å². The molecule has 1 fully saturated rings. The zero-order chi connectivity index (χ0) is 14.5. The van der Waals surface area contributed by atoms with E-state index in [4.69, 9.17) is 4.74 Å². The number of piperidine rings is 1. The average molecular weight is 270 g/mol. The monoisotopic (exact) mass is 270 g/mol. The van der Waals surface area contributed by atoms with Gasteiger partial charge in [-0.1, -0.05) is 27.7 Å². The van der Waals surface area contributed by atoms with Gasteiger partial charge in [0, 0.05) is 26.2 Å². The third kappa shape index (κ3) is 5.41. The van der Waals surface area contributed by atoms with E-state index in [0.717, 1.165) is 25.6 Å². The zero-order valence-corrected chi connectivity index (χ0v) is 13.8.